The molecular weight excluding hydrogens is 406 g/mol. The first kappa shape index (κ1) is 20.4. The number of hydrogen-bond donors (Lipinski definition) is 0. The van der Waals surface area contributed by atoms with Crippen LogP contribution in [0.1, 0.15) is 44.2 Å². The zero-order valence-electron chi connectivity index (χ0n) is 18.4. The van der Waals surface area contributed by atoms with Crippen LogP contribution in [0.25, 0.3) is 11.0 Å². The van der Waals surface area contributed by atoms with Gasteiger partial charge in [0.05, 0.1) is 12.2 Å². The van der Waals surface area contributed by atoms with Gasteiger partial charge in [-0.05, 0) is 39.0 Å². The molecule has 0 fully saturated rings. The Labute approximate surface area is 186 Å². The van der Waals surface area contributed by atoms with E-state index in [1.807, 2.05) is 67.3 Å². The van der Waals surface area contributed by atoms with Gasteiger partial charge in [-0.1, -0.05) is 36.4 Å². The number of hydrogen-bond acceptors (Lipinski definition) is 6. The lowest BCUT2D eigenvalue weighted by atomic mass is 9.74. The maximum absolute atomic E-state index is 13.2. The lowest BCUT2D eigenvalue weighted by Crippen LogP contribution is -2.57. The SMILES string of the molecule is CCOC(=O)C1=C(C)N(CC)[C@]2(c3cc4ccccc4oc3=O)C[C@H]1c1ccccc1O2. The largest absolute Gasteiger partial charge is 0.463 e. The first-order valence-corrected chi connectivity index (χ1v) is 11.0. The quantitative estimate of drug-likeness (QED) is 0.441. The number of rotatable bonds is 4. The minimum absolute atomic E-state index is 0.257. The van der Waals surface area contributed by atoms with Crippen LogP contribution in [0.4, 0.5) is 0 Å². The first-order chi connectivity index (χ1) is 15.5. The molecule has 0 radical (unpaired) electrons. The summed E-state index contributed by atoms with van der Waals surface area (Å²) in [4.78, 5) is 28.3. The molecule has 2 atom stereocenters. The van der Waals surface area contributed by atoms with E-state index >= 15 is 0 Å². The molecular formula is C26H25NO5. The molecule has 2 aromatic carbocycles. The second kappa shape index (κ2) is 7.55. The van der Waals surface area contributed by atoms with Gasteiger partial charge in [0.25, 0.3) is 0 Å². The van der Waals surface area contributed by atoms with E-state index in [9.17, 15) is 9.59 Å². The molecule has 3 aromatic rings. The van der Waals surface area contributed by atoms with Crippen molar-refractivity contribution in [3.8, 4) is 5.75 Å². The molecule has 0 N–H and O–H groups in total. The number of para-hydroxylation sites is 2. The predicted octanol–water partition coefficient (Wildman–Crippen LogP) is 4.68. The van der Waals surface area contributed by atoms with Crippen LogP contribution in [-0.4, -0.2) is 24.0 Å². The average Bonchev–Trinajstić information content (AvgIpc) is 2.79. The van der Waals surface area contributed by atoms with Crippen LogP contribution in [0, 0.1) is 0 Å². The van der Waals surface area contributed by atoms with Crippen molar-refractivity contribution in [2.24, 2.45) is 0 Å². The normalized spacial score (nSPS) is 21.8. The van der Waals surface area contributed by atoms with Gasteiger partial charge < -0.3 is 18.8 Å². The maximum Gasteiger partial charge on any atom is 0.345 e. The molecule has 5 rings (SSSR count). The molecule has 32 heavy (non-hydrogen) atoms. The monoisotopic (exact) mass is 431 g/mol. The second-order valence-corrected chi connectivity index (χ2v) is 8.13. The van der Waals surface area contributed by atoms with Crippen LogP contribution in [0.5, 0.6) is 5.75 Å². The zero-order chi connectivity index (χ0) is 22.5. The van der Waals surface area contributed by atoms with E-state index in [1.165, 1.54) is 0 Å². The molecule has 0 aliphatic carbocycles. The molecule has 3 heterocycles. The van der Waals surface area contributed by atoms with Crippen LogP contribution in [0.2, 0.25) is 0 Å². The fraction of sp³-hybridized carbons (Fsp3) is 0.308. The van der Waals surface area contributed by atoms with Crippen molar-refractivity contribution in [1.29, 1.82) is 0 Å². The number of allylic oxidation sites excluding steroid dienone is 1. The lowest BCUT2D eigenvalue weighted by molar-refractivity contribution is -0.142. The third-order valence-electron chi connectivity index (χ3n) is 6.51. The van der Waals surface area contributed by atoms with Crippen molar-refractivity contribution < 1.29 is 18.7 Å². The summed E-state index contributed by atoms with van der Waals surface area (Å²) in [7, 11) is 0. The fourth-order valence-corrected chi connectivity index (χ4v) is 5.20. The van der Waals surface area contributed by atoms with E-state index < -0.39 is 11.4 Å². The van der Waals surface area contributed by atoms with E-state index in [0.29, 0.717) is 42.0 Å². The summed E-state index contributed by atoms with van der Waals surface area (Å²) in [5.41, 5.74) is 1.73. The summed E-state index contributed by atoms with van der Waals surface area (Å²) < 4.78 is 17.8. The van der Waals surface area contributed by atoms with Crippen molar-refractivity contribution in [3.63, 3.8) is 0 Å². The molecule has 0 amide bonds. The van der Waals surface area contributed by atoms with E-state index in [0.717, 1.165) is 16.6 Å². The molecule has 0 spiro atoms. The predicted molar refractivity (Wildman–Crippen MR) is 120 cm³/mol. The number of fused-ring (bicyclic) bond motifs is 5. The van der Waals surface area contributed by atoms with E-state index in [-0.39, 0.29) is 11.9 Å². The molecule has 0 saturated carbocycles. The Morgan fingerprint density at radius 1 is 1.16 bits per heavy atom. The van der Waals surface area contributed by atoms with Gasteiger partial charge in [0.2, 0.25) is 5.72 Å². The fourth-order valence-electron chi connectivity index (χ4n) is 5.20. The Morgan fingerprint density at radius 3 is 2.69 bits per heavy atom. The van der Waals surface area contributed by atoms with Gasteiger partial charge in [0, 0.05) is 35.5 Å². The van der Waals surface area contributed by atoms with Crippen molar-refractivity contribution in [2.75, 3.05) is 13.2 Å². The molecule has 2 aliphatic heterocycles. The summed E-state index contributed by atoms with van der Waals surface area (Å²) >= 11 is 0. The Kier molecular flexibility index (Phi) is 4.81. The number of carbonyl (C=O) groups excluding carboxylic acids is 1. The van der Waals surface area contributed by atoms with Crippen molar-refractivity contribution >= 4 is 16.9 Å². The van der Waals surface area contributed by atoms with Crippen LogP contribution in [0.15, 0.2) is 75.1 Å². The Hall–Kier alpha value is -3.54. The van der Waals surface area contributed by atoms with Crippen molar-refractivity contribution in [2.45, 2.75) is 38.8 Å². The topological polar surface area (TPSA) is 69.0 Å². The molecule has 0 unspecified atom stereocenters. The Morgan fingerprint density at radius 2 is 1.91 bits per heavy atom. The first-order valence-electron chi connectivity index (χ1n) is 11.0. The number of nitrogens with zero attached hydrogens (tertiary/aromatic N) is 1. The molecule has 6 nitrogen and oxygen atoms in total. The third-order valence-corrected chi connectivity index (χ3v) is 6.51. The Balaban J connectivity index is 1.80. The van der Waals surface area contributed by atoms with Crippen LogP contribution in [-0.2, 0) is 15.3 Å². The number of esters is 1. The zero-order valence-corrected chi connectivity index (χ0v) is 18.4. The van der Waals surface area contributed by atoms with Crippen molar-refractivity contribution in [3.05, 3.63) is 87.4 Å². The summed E-state index contributed by atoms with van der Waals surface area (Å²) in [6.45, 7) is 6.52. The highest BCUT2D eigenvalue weighted by Gasteiger charge is 2.54. The standard InChI is InChI=1S/C26H25NO5/c1-4-27-16(3)23(25(29)30-5-2)19-15-26(27,32-22-13-9-7-11-18(19)22)20-14-17-10-6-8-12-21(17)31-24(20)28/h6-14,19H,4-5,15H2,1-3H3/t19-,26+/m0/s1. The highest BCUT2D eigenvalue weighted by Crippen LogP contribution is 2.54. The third kappa shape index (κ3) is 2.86. The summed E-state index contributed by atoms with van der Waals surface area (Å²) in [5, 5.41) is 0.823. The van der Waals surface area contributed by atoms with Gasteiger partial charge >= 0.3 is 11.6 Å². The number of benzene rings is 2. The molecule has 2 aliphatic rings. The maximum atomic E-state index is 13.2. The minimum atomic E-state index is -1.08. The second-order valence-electron chi connectivity index (χ2n) is 8.13. The van der Waals surface area contributed by atoms with Gasteiger partial charge in [-0.25, -0.2) is 9.59 Å². The number of carbonyl (C=O) groups is 1. The van der Waals surface area contributed by atoms with Gasteiger partial charge in [-0.2, -0.15) is 0 Å². The van der Waals surface area contributed by atoms with Crippen LogP contribution < -0.4 is 10.4 Å². The van der Waals surface area contributed by atoms with Gasteiger partial charge in [0.15, 0.2) is 0 Å². The molecule has 2 bridgehead atoms. The van der Waals surface area contributed by atoms with E-state index in [4.69, 9.17) is 13.9 Å². The minimum Gasteiger partial charge on any atom is -0.463 e. The van der Waals surface area contributed by atoms with Crippen LogP contribution in [0.3, 0.4) is 0 Å². The highest BCUT2D eigenvalue weighted by atomic mass is 16.5. The van der Waals surface area contributed by atoms with Gasteiger partial charge in [0.1, 0.15) is 16.9 Å². The number of ether oxygens (including phenoxy) is 2. The van der Waals surface area contributed by atoms with Gasteiger partial charge in [-0.15, -0.1) is 0 Å². The summed E-state index contributed by atoms with van der Waals surface area (Å²) in [5.74, 6) is 0.0704. The van der Waals surface area contributed by atoms with E-state index in [2.05, 4.69) is 0 Å². The highest BCUT2D eigenvalue weighted by molar-refractivity contribution is 5.92. The molecule has 164 valence electrons. The van der Waals surface area contributed by atoms with Crippen molar-refractivity contribution in [1.82, 2.24) is 4.90 Å². The van der Waals surface area contributed by atoms with E-state index in [1.54, 1.807) is 13.0 Å². The molecule has 1 aromatic heterocycles. The average molecular weight is 431 g/mol. The van der Waals surface area contributed by atoms with Crippen LogP contribution >= 0.6 is 0 Å². The summed E-state index contributed by atoms with van der Waals surface area (Å²) in [6, 6.07) is 17.0. The Bertz CT molecular complexity index is 1310. The summed E-state index contributed by atoms with van der Waals surface area (Å²) in [6.07, 6.45) is 0.409. The molecule has 6 heteroatoms. The lowest BCUT2D eigenvalue weighted by Gasteiger charge is -2.53. The van der Waals surface area contributed by atoms with Gasteiger partial charge in [-0.3, -0.25) is 0 Å². The molecule has 0 saturated heterocycles. The smallest absolute Gasteiger partial charge is 0.345 e.